The molecule has 0 amide bonds. The third-order valence-corrected chi connectivity index (χ3v) is 6.15. The van der Waals surface area contributed by atoms with Gasteiger partial charge in [-0.15, -0.1) is 0 Å². The number of carbonyl (C=O) groups is 1. The van der Waals surface area contributed by atoms with E-state index in [4.69, 9.17) is 4.74 Å². The van der Waals surface area contributed by atoms with E-state index < -0.39 is 17.2 Å². The summed E-state index contributed by atoms with van der Waals surface area (Å²) in [5.74, 6) is -0.251. The predicted octanol–water partition coefficient (Wildman–Crippen LogP) is 3.05. The number of Topliss-reactive ketones (excluding diaryl/α,β-unsaturated/α-hetero) is 1. The molecule has 0 bridgehead atoms. The number of benzene rings is 2. The van der Waals surface area contributed by atoms with Crippen molar-refractivity contribution >= 4 is 17.3 Å². The fraction of sp³-hybridized carbons (Fsp3) is 0.240. The fourth-order valence-corrected chi connectivity index (χ4v) is 4.64. The van der Waals surface area contributed by atoms with E-state index in [1.807, 2.05) is 49.4 Å². The Morgan fingerprint density at radius 3 is 2.44 bits per heavy atom. The van der Waals surface area contributed by atoms with Crippen molar-refractivity contribution in [2.75, 3.05) is 19.0 Å². The first-order valence-corrected chi connectivity index (χ1v) is 10.6. The van der Waals surface area contributed by atoms with E-state index in [1.54, 1.807) is 13.2 Å². The number of fused-ring (bicyclic) bond motifs is 3. The van der Waals surface area contributed by atoms with Gasteiger partial charge in [-0.3, -0.25) is 19.1 Å². The zero-order valence-corrected chi connectivity index (χ0v) is 17.9. The number of aromatic amines is 1. The van der Waals surface area contributed by atoms with Crippen molar-refractivity contribution < 1.29 is 9.53 Å². The van der Waals surface area contributed by atoms with E-state index in [9.17, 15) is 14.4 Å². The topological polar surface area (TPSA) is 93.2 Å². The summed E-state index contributed by atoms with van der Waals surface area (Å²) in [5.41, 5.74) is 3.90. The molecule has 1 unspecified atom stereocenters. The lowest BCUT2D eigenvalue weighted by atomic mass is 9.81. The van der Waals surface area contributed by atoms with Crippen molar-refractivity contribution in [3.05, 3.63) is 103 Å². The van der Waals surface area contributed by atoms with E-state index in [-0.39, 0.29) is 5.78 Å². The van der Waals surface area contributed by atoms with Crippen LogP contribution in [-0.2, 0) is 11.3 Å². The second-order valence-corrected chi connectivity index (χ2v) is 8.15. The van der Waals surface area contributed by atoms with Crippen molar-refractivity contribution in [2.24, 2.45) is 0 Å². The Morgan fingerprint density at radius 1 is 1.00 bits per heavy atom. The molecule has 32 heavy (non-hydrogen) atoms. The lowest BCUT2D eigenvalue weighted by Gasteiger charge is -2.29. The van der Waals surface area contributed by atoms with Crippen LogP contribution >= 0.6 is 0 Å². The molecule has 2 N–H and O–H groups in total. The van der Waals surface area contributed by atoms with E-state index in [1.165, 1.54) is 4.57 Å². The number of nitrogens with one attached hydrogen (secondary N) is 2. The number of H-pyrrole nitrogens is 1. The molecule has 0 fully saturated rings. The maximum atomic E-state index is 13.5. The summed E-state index contributed by atoms with van der Waals surface area (Å²) in [5, 5.41) is 3.29. The highest BCUT2D eigenvalue weighted by Gasteiger charge is 2.42. The van der Waals surface area contributed by atoms with Gasteiger partial charge in [-0.2, -0.15) is 0 Å². The van der Waals surface area contributed by atoms with Crippen LogP contribution in [0.25, 0.3) is 5.70 Å². The van der Waals surface area contributed by atoms with Gasteiger partial charge in [0.2, 0.25) is 0 Å². The molecule has 0 saturated carbocycles. The average Bonchev–Trinajstić information content (AvgIpc) is 3.07. The van der Waals surface area contributed by atoms with Crippen LogP contribution in [0.1, 0.15) is 45.0 Å². The summed E-state index contributed by atoms with van der Waals surface area (Å²) < 4.78 is 6.67. The van der Waals surface area contributed by atoms with Crippen LogP contribution in [0.5, 0.6) is 0 Å². The lowest BCUT2D eigenvalue weighted by molar-refractivity contribution is 0.103. The SMILES string of the molecule is COCCCn1c2c(c(=O)[nH]c1=O)C(c1ccc(C)cc1)C1=C(N2)c2ccccc2C1=O. The first-order valence-electron chi connectivity index (χ1n) is 10.6. The van der Waals surface area contributed by atoms with Crippen LogP contribution in [0.3, 0.4) is 0 Å². The summed E-state index contributed by atoms with van der Waals surface area (Å²) in [6.07, 6.45) is 0.604. The minimum Gasteiger partial charge on any atom is -0.385 e. The Labute approximate surface area is 184 Å². The Balaban J connectivity index is 1.78. The second-order valence-electron chi connectivity index (χ2n) is 8.15. The van der Waals surface area contributed by atoms with Gasteiger partial charge in [0.05, 0.1) is 11.3 Å². The van der Waals surface area contributed by atoms with Gasteiger partial charge in [0.1, 0.15) is 5.82 Å². The number of aryl methyl sites for hydroxylation is 1. The normalized spacial score (nSPS) is 16.4. The maximum Gasteiger partial charge on any atom is 0.329 e. The van der Waals surface area contributed by atoms with Crippen LogP contribution in [0.2, 0.25) is 0 Å². The molecule has 7 heteroatoms. The number of ketones is 1. The number of allylic oxidation sites excluding steroid dienone is 1. The fourth-order valence-electron chi connectivity index (χ4n) is 4.64. The molecule has 2 aromatic carbocycles. The quantitative estimate of drug-likeness (QED) is 0.608. The Bertz CT molecular complexity index is 1380. The molecule has 0 spiro atoms. The molecule has 0 radical (unpaired) electrons. The molecule has 162 valence electrons. The Morgan fingerprint density at radius 2 is 1.72 bits per heavy atom. The van der Waals surface area contributed by atoms with Crippen molar-refractivity contribution in [3.8, 4) is 0 Å². The van der Waals surface area contributed by atoms with Gasteiger partial charge in [-0.05, 0) is 18.9 Å². The smallest absolute Gasteiger partial charge is 0.329 e. The largest absolute Gasteiger partial charge is 0.385 e. The minimum atomic E-state index is -0.584. The third-order valence-electron chi connectivity index (χ3n) is 6.15. The molecule has 0 saturated heterocycles. The molecular weight excluding hydrogens is 406 g/mol. The first-order chi connectivity index (χ1) is 15.5. The van der Waals surface area contributed by atoms with Crippen LogP contribution < -0.4 is 16.6 Å². The third kappa shape index (κ3) is 3.05. The van der Waals surface area contributed by atoms with Crippen molar-refractivity contribution in [3.63, 3.8) is 0 Å². The number of ether oxygens (including phenoxy) is 1. The monoisotopic (exact) mass is 429 g/mol. The second kappa shape index (κ2) is 7.76. The molecule has 1 aromatic heterocycles. The van der Waals surface area contributed by atoms with Crippen molar-refractivity contribution in [1.29, 1.82) is 0 Å². The number of nitrogens with zero attached hydrogens (tertiary/aromatic N) is 1. The zero-order chi connectivity index (χ0) is 22.4. The number of methoxy groups -OCH3 is 1. The highest BCUT2D eigenvalue weighted by Crippen LogP contribution is 2.47. The summed E-state index contributed by atoms with van der Waals surface area (Å²) in [6, 6.07) is 15.2. The van der Waals surface area contributed by atoms with Gasteiger partial charge in [0.25, 0.3) is 5.56 Å². The van der Waals surface area contributed by atoms with Crippen LogP contribution in [-0.4, -0.2) is 29.1 Å². The number of anilines is 1. The van der Waals surface area contributed by atoms with Crippen molar-refractivity contribution in [1.82, 2.24) is 9.55 Å². The Kier molecular flexibility index (Phi) is 4.90. The molecule has 1 aliphatic carbocycles. The molecule has 2 aliphatic rings. The molecule has 1 atom stereocenters. The van der Waals surface area contributed by atoms with E-state index >= 15 is 0 Å². The summed E-state index contributed by atoms with van der Waals surface area (Å²) in [7, 11) is 1.61. The molecule has 2 heterocycles. The molecule has 1 aliphatic heterocycles. The van der Waals surface area contributed by atoms with Crippen LogP contribution in [0.15, 0.2) is 63.7 Å². The highest BCUT2D eigenvalue weighted by molar-refractivity contribution is 6.23. The van der Waals surface area contributed by atoms with Gasteiger partial charge < -0.3 is 10.1 Å². The summed E-state index contributed by atoms with van der Waals surface area (Å²) in [4.78, 5) is 41.8. The first kappa shape index (κ1) is 20.2. The number of hydrogen-bond acceptors (Lipinski definition) is 5. The molecule has 5 rings (SSSR count). The lowest BCUT2D eigenvalue weighted by Crippen LogP contribution is -2.38. The van der Waals surface area contributed by atoms with E-state index in [2.05, 4.69) is 10.3 Å². The highest BCUT2D eigenvalue weighted by atomic mass is 16.5. The molecule has 7 nitrogen and oxygen atoms in total. The van der Waals surface area contributed by atoms with Crippen molar-refractivity contribution in [2.45, 2.75) is 25.8 Å². The average molecular weight is 429 g/mol. The van der Waals surface area contributed by atoms with E-state index in [0.717, 1.165) is 16.7 Å². The number of rotatable bonds is 5. The minimum absolute atomic E-state index is 0.101. The van der Waals surface area contributed by atoms with Gasteiger partial charge >= 0.3 is 5.69 Å². The standard InChI is InChI=1S/C25H23N3O4/c1-14-8-10-15(11-9-14)18-19-21(16-6-3-4-7-17(16)22(19)29)26-23-20(18)24(30)27-25(31)28(23)12-5-13-32-2/h3-4,6-11,18,26H,5,12-13H2,1-2H3,(H,27,30,31). The van der Waals surface area contributed by atoms with Crippen LogP contribution in [0.4, 0.5) is 5.82 Å². The molecule has 3 aromatic rings. The summed E-state index contributed by atoms with van der Waals surface area (Å²) in [6.45, 7) is 2.84. The number of hydrogen-bond donors (Lipinski definition) is 2. The zero-order valence-electron chi connectivity index (χ0n) is 17.9. The van der Waals surface area contributed by atoms with E-state index in [0.29, 0.717) is 47.8 Å². The predicted molar refractivity (Wildman–Crippen MR) is 122 cm³/mol. The summed E-state index contributed by atoms with van der Waals surface area (Å²) >= 11 is 0. The maximum absolute atomic E-state index is 13.5. The number of carbonyl (C=O) groups excluding carboxylic acids is 1. The van der Waals surface area contributed by atoms with Crippen LogP contribution in [0, 0.1) is 6.92 Å². The van der Waals surface area contributed by atoms with Gasteiger partial charge in [-0.25, -0.2) is 4.79 Å². The number of aromatic nitrogens is 2. The van der Waals surface area contributed by atoms with Gasteiger partial charge in [0, 0.05) is 42.9 Å². The Hall–Kier alpha value is -3.71. The van der Waals surface area contributed by atoms with Gasteiger partial charge in [0.15, 0.2) is 5.78 Å². The van der Waals surface area contributed by atoms with Gasteiger partial charge in [-0.1, -0.05) is 54.1 Å². The molecular formula is C25H23N3O4.